The quantitative estimate of drug-likeness (QED) is 0.833. The zero-order chi connectivity index (χ0) is 14.7. The van der Waals surface area contributed by atoms with E-state index >= 15 is 0 Å². The van der Waals surface area contributed by atoms with Crippen LogP contribution < -0.4 is 10.2 Å². The summed E-state index contributed by atoms with van der Waals surface area (Å²) in [5.74, 6) is 0.633. The van der Waals surface area contributed by atoms with Crippen molar-refractivity contribution in [3.63, 3.8) is 0 Å². The minimum atomic E-state index is -0.0662. The lowest BCUT2D eigenvalue weighted by Gasteiger charge is -2.35. The summed E-state index contributed by atoms with van der Waals surface area (Å²) in [6.07, 6.45) is 1.82. The van der Waals surface area contributed by atoms with Crippen LogP contribution >= 0.6 is 15.9 Å². The van der Waals surface area contributed by atoms with E-state index in [4.69, 9.17) is 0 Å². The molecule has 4 heteroatoms. The van der Waals surface area contributed by atoms with Crippen molar-refractivity contribution >= 4 is 21.6 Å². The molecule has 1 atom stereocenters. The Balaban J connectivity index is 2.00. The Bertz CT molecular complexity index is 446. The van der Waals surface area contributed by atoms with Crippen LogP contribution in [0.25, 0.3) is 0 Å². The van der Waals surface area contributed by atoms with Gasteiger partial charge in [-0.2, -0.15) is 0 Å². The maximum absolute atomic E-state index is 9.36. The second-order valence-corrected chi connectivity index (χ2v) is 6.71. The van der Waals surface area contributed by atoms with E-state index in [1.165, 1.54) is 11.3 Å². The fourth-order valence-electron chi connectivity index (χ4n) is 2.86. The van der Waals surface area contributed by atoms with Gasteiger partial charge in [0.2, 0.25) is 0 Å². The minimum Gasteiger partial charge on any atom is -0.393 e. The molecule has 1 saturated carbocycles. The van der Waals surface area contributed by atoms with E-state index in [-0.39, 0.29) is 6.10 Å². The summed E-state index contributed by atoms with van der Waals surface area (Å²) in [4.78, 5) is 2.28. The summed E-state index contributed by atoms with van der Waals surface area (Å²) in [6, 6.07) is 6.93. The van der Waals surface area contributed by atoms with Crippen LogP contribution in [0.15, 0.2) is 22.7 Å². The Kier molecular flexibility index (Phi) is 5.47. The number of anilines is 1. The molecule has 0 saturated heterocycles. The molecule has 1 aromatic carbocycles. The van der Waals surface area contributed by atoms with Crippen molar-refractivity contribution in [3.05, 3.63) is 28.2 Å². The Labute approximate surface area is 130 Å². The van der Waals surface area contributed by atoms with Gasteiger partial charge in [-0.1, -0.05) is 28.9 Å². The number of hydrogen-bond acceptors (Lipinski definition) is 3. The first-order valence-electron chi connectivity index (χ1n) is 7.43. The Hall–Kier alpha value is -0.580. The van der Waals surface area contributed by atoms with Crippen LogP contribution in [0.5, 0.6) is 0 Å². The number of aliphatic hydroxyl groups excluding tert-OH is 1. The van der Waals surface area contributed by atoms with E-state index in [2.05, 4.69) is 65.2 Å². The molecule has 0 spiro atoms. The third-order valence-corrected chi connectivity index (χ3v) is 4.83. The molecular weight excluding hydrogens is 316 g/mol. The van der Waals surface area contributed by atoms with E-state index in [0.717, 1.165) is 30.4 Å². The topological polar surface area (TPSA) is 35.5 Å². The van der Waals surface area contributed by atoms with Gasteiger partial charge < -0.3 is 15.3 Å². The molecule has 0 bridgehead atoms. The molecule has 1 aliphatic carbocycles. The number of nitrogens with zero attached hydrogens (tertiary/aromatic N) is 1. The molecule has 3 nitrogen and oxygen atoms in total. The largest absolute Gasteiger partial charge is 0.393 e. The summed E-state index contributed by atoms with van der Waals surface area (Å²) >= 11 is 3.69. The van der Waals surface area contributed by atoms with Crippen molar-refractivity contribution in [2.75, 3.05) is 25.0 Å². The van der Waals surface area contributed by atoms with E-state index in [1.54, 1.807) is 0 Å². The zero-order valence-corrected chi connectivity index (χ0v) is 14.2. The Morgan fingerprint density at radius 2 is 2.15 bits per heavy atom. The Morgan fingerprint density at radius 3 is 2.70 bits per heavy atom. The van der Waals surface area contributed by atoms with Gasteiger partial charge in [-0.25, -0.2) is 0 Å². The normalized spacial score (nSPS) is 23.2. The zero-order valence-electron chi connectivity index (χ0n) is 12.6. The Morgan fingerprint density at radius 1 is 1.45 bits per heavy atom. The summed E-state index contributed by atoms with van der Waals surface area (Å²) in [5, 5.41) is 12.8. The second kappa shape index (κ2) is 6.92. The molecule has 0 radical (unpaired) electrons. The van der Waals surface area contributed by atoms with Gasteiger partial charge in [0.25, 0.3) is 0 Å². The number of benzene rings is 1. The van der Waals surface area contributed by atoms with Crippen LogP contribution in [0.2, 0.25) is 0 Å². The lowest BCUT2D eigenvalue weighted by Crippen LogP contribution is -2.37. The van der Waals surface area contributed by atoms with Gasteiger partial charge in [-0.05, 0) is 49.9 Å². The van der Waals surface area contributed by atoms with E-state index in [0.29, 0.717) is 12.0 Å². The van der Waals surface area contributed by atoms with E-state index in [1.807, 2.05) is 0 Å². The lowest BCUT2D eigenvalue weighted by molar-refractivity contribution is 0.0465. The van der Waals surface area contributed by atoms with Gasteiger partial charge in [0.05, 0.1) is 6.10 Å². The van der Waals surface area contributed by atoms with Crippen LogP contribution in [0.3, 0.4) is 0 Å². The fourth-order valence-corrected chi connectivity index (χ4v) is 3.57. The van der Waals surface area contributed by atoms with E-state index in [9.17, 15) is 5.11 Å². The predicted molar refractivity (Wildman–Crippen MR) is 88.2 cm³/mol. The average Bonchev–Trinajstić information content (AvgIpc) is 2.36. The van der Waals surface area contributed by atoms with Crippen molar-refractivity contribution in [3.8, 4) is 0 Å². The molecule has 112 valence electrons. The SMILES string of the molecule is CCNC(C)c1ccc(N(C)CC2CC(O)C2)cc1Br. The monoisotopic (exact) mass is 340 g/mol. The third kappa shape index (κ3) is 3.74. The average molecular weight is 341 g/mol. The molecular formula is C16H25BrN2O. The summed E-state index contributed by atoms with van der Waals surface area (Å²) in [7, 11) is 2.12. The highest BCUT2D eigenvalue weighted by Gasteiger charge is 2.28. The van der Waals surface area contributed by atoms with Gasteiger partial charge in [0.15, 0.2) is 0 Å². The molecule has 2 N–H and O–H groups in total. The van der Waals surface area contributed by atoms with Gasteiger partial charge in [-0.3, -0.25) is 0 Å². The lowest BCUT2D eigenvalue weighted by atomic mass is 9.82. The van der Waals surface area contributed by atoms with Gasteiger partial charge in [0.1, 0.15) is 0 Å². The van der Waals surface area contributed by atoms with Gasteiger partial charge in [0, 0.05) is 29.8 Å². The van der Waals surface area contributed by atoms with Crippen LogP contribution in [0.4, 0.5) is 5.69 Å². The molecule has 1 unspecified atom stereocenters. The standard InChI is InChI=1S/C16H25BrN2O/c1-4-18-11(2)15-6-5-13(9-16(15)17)19(3)10-12-7-14(20)8-12/h5-6,9,11-12,14,18,20H,4,7-8,10H2,1-3H3. The van der Waals surface area contributed by atoms with Crippen LogP contribution in [-0.2, 0) is 0 Å². The summed E-state index contributed by atoms with van der Waals surface area (Å²) < 4.78 is 1.16. The van der Waals surface area contributed by atoms with Crippen LogP contribution in [0, 0.1) is 5.92 Å². The first-order chi connectivity index (χ1) is 9.51. The molecule has 20 heavy (non-hydrogen) atoms. The van der Waals surface area contributed by atoms with E-state index < -0.39 is 0 Å². The number of hydrogen-bond donors (Lipinski definition) is 2. The maximum Gasteiger partial charge on any atom is 0.0546 e. The van der Waals surface area contributed by atoms with Crippen LogP contribution in [0.1, 0.15) is 38.3 Å². The van der Waals surface area contributed by atoms with Crippen molar-refractivity contribution < 1.29 is 5.11 Å². The summed E-state index contributed by atoms with van der Waals surface area (Å²) in [6.45, 7) is 6.30. The summed E-state index contributed by atoms with van der Waals surface area (Å²) in [5.41, 5.74) is 2.52. The highest BCUT2D eigenvalue weighted by Crippen LogP contribution is 2.31. The van der Waals surface area contributed by atoms with Crippen LogP contribution in [-0.4, -0.2) is 31.3 Å². The third-order valence-electron chi connectivity index (χ3n) is 4.14. The van der Waals surface area contributed by atoms with Crippen molar-refractivity contribution in [1.82, 2.24) is 5.32 Å². The molecule has 1 aromatic rings. The van der Waals surface area contributed by atoms with Crippen molar-refractivity contribution in [1.29, 1.82) is 0 Å². The first-order valence-corrected chi connectivity index (χ1v) is 8.22. The minimum absolute atomic E-state index is 0.0662. The second-order valence-electron chi connectivity index (χ2n) is 5.86. The highest BCUT2D eigenvalue weighted by atomic mass is 79.9. The molecule has 0 heterocycles. The van der Waals surface area contributed by atoms with Gasteiger partial charge in [-0.15, -0.1) is 0 Å². The molecule has 2 rings (SSSR count). The number of aliphatic hydroxyl groups is 1. The molecule has 0 amide bonds. The fraction of sp³-hybridized carbons (Fsp3) is 0.625. The number of nitrogens with one attached hydrogen (secondary N) is 1. The molecule has 0 aromatic heterocycles. The smallest absolute Gasteiger partial charge is 0.0546 e. The highest BCUT2D eigenvalue weighted by molar-refractivity contribution is 9.10. The number of halogens is 1. The predicted octanol–water partition coefficient (Wildman–Crippen LogP) is 3.33. The maximum atomic E-state index is 9.36. The first kappa shape index (κ1) is 15.8. The molecule has 1 aliphatic rings. The number of rotatable bonds is 6. The van der Waals surface area contributed by atoms with Crippen molar-refractivity contribution in [2.24, 2.45) is 5.92 Å². The molecule has 1 fully saturated rings. The molecule has 0 aliphatic heterocycles. The van der Waals surface area contributed by atoms with Gasteiger partial charge >= 0.3 is 0 Å². The van der Waals surface area contributed by atoms with Crippen molar-refractivity contribution in [2.45, 2.75) is 38.8 Å².